The summed E-state index contributed by atoms with van der Waals surface area (Å²) < 4.78 is 50.5. The molecule has 1 unspecified atom stereocenters. The number of carbonyl (C=O) groups excluding carboxylic acids is 4. The summed E-state index contributed by atoms with van der Waals surface area (Å²) in [6.45, 7) is 10.6. The number of oxazole rings is 1. The number of amides is 4. The van der Waals surface area contributed by atoms with Gasteiger partial charge in [-0.1, -0.05) is 51.6 Å². The predicted molar refractivity (Wildman–Crippen MR) is 168 cm³/mol. The number of nitrogens with zero attached hydrogens (tertiary/aromatic N) is 3. The van der Waals surface area contributed by atoms with E-state index in [0.717, 1.165) is 19.3 Å². The first-order valence-electron chi connectivity index (χ1n) is 15.8. The van der Waals surface area contributed by atoms with Crippen LogP contribution in [0.2, 0.25) is 5.02 Å². The third kappa shape index (κ3) is 9.60. The summed E-state index contributed by atoms with van der Waals surface area (Å²) in [6, 6.07) is -0.974. The average Bonchev–Trinajstić information content (AvgIpc) is 3.60. The standard InChI is InChI=1S/C32H42ClF3N6O6/c1-30(2,3)25(40-29(46)41-31(4,5)6)28(45)42-15-19(48-23-11-10-18(33)14-37-23)13-21(42)26(44)38-20(12-17-8-7-9-17)24(43)27-39-22(16-47-27)32(34,35)36/h10-11,14,16-17,19-21,25H,7-9,12-13,15H2,1-6H3,(H,38,44)(H2,40,41,46)/t19-,20?,21+,25-/m1/s1. The van der Waals surface area contributed by atoms with Crippen molar-refractivity contribution in [2.45, 2.75) is 110 Å². The Kier molecular flexibility index (Phi) is 11.0. The zero-order chi connectivity index (χ0) is 35.6. The zero-order valence-corrected chi connectivity index (χ0v) is 28.5. The molecule has 1 saturated heterocycles. The van der Waals surface area contributed by atoms with E-state index in [1.165, 1.54) is 17.2 Å². The van der Waals surface area contributed by atoms with Gasteiger partial charge in [0, 0.05) is 24.2 Å². The molecule has 16 heteroatoms. The van der Waals surface area contributed by atoms with Crippen LogP contribution in [0.15, 0.2) is 29.0 Å². The molecule has 12 nitrogen and oxygen atoms in total. The topological polar surface area (TPSA) is 156 Å². The number of Topliss-reactive ketones (excluding diaryl/α,β-unsaturated/α-hetero) is 1. The summed E-state index contributed by atoms with van der Waals surface area (Å²) in [5.74, 6) is -2.70. The molecule has 0 aromatic carbocycles. The van der Waals surface area contributed by atoms with Crippen LogP contribution in [0.25, 0.3) is 0 Å². The minimum absolute atomic E-state index is 0.00546. The summed E-state index contributed by atoms with van der Waals surface area (Å²) >= 11 is 5.95. The van der Waals surface area contributed by atoms with E-state index in [4.69, 9.17) is 20.8 Å². The van der Waals surface area contributed by atoms with Crippen LogP contribution in [0.1, 0.15) is 90.0 Å². The molecule has 2 aromatic rings. The van der Waals surface area contributed by atoms with Crippen LogP contribution >= 0.6 is 11.6 Å². The molecule has 2 aliphatic rings. The Bertz CT molecular complexity index is 1480. The fourth-order valence-corrected chi connectivity index (χ4v) is 5.64. The number of ketones is 1. The van der Waals surface area contributed by atoms with Gasteiger partial charge in [-0.05, 0) is 44.6 Å². The molecule has 3 heterocycles. The van der Waals surface area contributed by atoms with Crippen molar-refractivity contribution in [2.75, 3.05) is 6.54 Å². The van der Waals surface area contributed by atoms with Crippen LogP contribution in [0.4, 0.5) is 18.0 Å². The van der Waals surface area contributed by atoms with Gasteiger partial charge in [0.05, 0.1) is 17.6 Å². The van der Waals surface area contributed by atoms with E-state index in [-0.39, 0.29) is 31.2 Å². The molecular formula is C32H42ClF3N6O6. The lowest BCUT2D eigenvalue weighted by Gasteiger charge is -2.36. The summed E-state index contributed by atoms with van der Waals surface area (Å²) in [7, 11) is 0. The van der Waals surface area contributed by atoms with Crippen LogP contribution in [-0.2, 0) is 15.8 Å². The Morgan fingerprint density at radius 3 is 2.29 bits per heavy atom. The highest BCUT2D eigenvalue weighted by Gasteiger charge is 2.47. The fourth-order valence-electron chi connectivity index (χ4n) is 5.53. The second-order valence-electron chi connectivity index (χ2n) is 14.4. The van der Waals surface area contributed by atoms with Crippen LogP contribution < -0.4 is 20.7 Å². The number of aromatic nitrogens is 2. The van der Waals surface area contributed by atoms with Crippen molar-refractivity contribution in [3.8, 4) is 5.88 Å². The van der Waals surface area contributed by atoms with Gasteiger partial charge >= 0.3 is 12.2 Å². The van der Waals surface area contributed by atoms with Crippen molar-refractivity contribution in [3.05, 3.63) is 41.2 Å². The lowest BCUT2D eigenvalue weighted by Crippen LogP contribution is -2.61. The van der Waals surface area contributed by atoms with Crippen LogP contribution in [0, 0.1) is 11.3 Å². The first-order valence-corrected chi connectivity index (χ1v) is 16.1. The lowest BCUT2D eigenvalue weighted by molar-refractivity contribution is -0.142. The quantitative estimate of drug-likeness (QED) is 0.288. The predicted octanol–water partition coefficient (Wildman–Crippen LogP) is 5.16. The maximum Gasteiger partial charge on any atom is 0.436 e. The smallest absolute Gasteiger partial charge is 0.436 e. The first kappa shape index (κ1) is 36.9. The highest BCUT2D eigenvalue weighted by atomic mass is 35.5. The molecule has 264 valence electrons. The largest absolute Gasteiger partial charge is 0.472 e. The number of carbonyl (C=O) groups is 4. The molecule has 4 rings (SSSR count). The molecule has 0 radical (unpaired) electrons. The van der Waals surface area contributed by atoms with E-state index in [1.807, 2.05) is 0 Å². The molecule has 2 aromatic heterocycles. The summed E-state index contributed by atoms with van der Waals surface area (Å²) in [5.41, 5.74) is -2.76. The Morgan fingerprint density at radius 1 is 1.08 bits per heavy atom. The van der Waals surface area contributed by atoms with Crippen molar-refractivity contribution in [1.82, 2.24) is 30.8 Å². The summed E-state index contributed by atoms with van der Waals surface area (Å²) in [5, 5.41) is 8.58. The maximum atomic E-state index is 14.2. The van der Waals surface area contributed by atoms with E-state index < -0.39 is 76.6 Å². The SMILES string of the molecule is CC(C)(C)NC(=O)N[C@H](C(=O)N1C[C@H](Oc2ccc(Cl)cn2)C[C@H]1C(=O)NC(CC1CCC1)C(=O)c1nc(C(F)(F)F)co1)C(C)(C)C. The maximum absolute atomic E-state index is 14.2. The minimum Gasteiger partial charge on any atom is -0.472 e. The van der Waals surface area contributed by atoms with E-state index >= 15 is 0 Å². The molecule has 4 amide bonds. The van der Waals surface area contributed by atoms with Gasteiger partial charge in [-0.3, -0.25) is 14.4 Å². The van der Waals surface area contributed by atoms with Gasteiger partial charge in [-0.25, -0.2) is 14.8 Å². The number of hydrogen-bond donors (Lipinski definition) is 3. The summed E-state index contributed by atoms with van der Waals surface area (Å²) in [4.78, 5) is 63.3. The molecule has 1 saturated carbocycles. The molecule has 1 aliphatic carbocycles. The fraction of sp³-hybridized carbons (Fsp3) is 0.625. The molecule has 2 fully saturated rings. The van der Waals surface area contributed by atoms with Gasteiger partial charge in [0.2, 0.25) is 23.5 Å². The lowest BCUT2D eigenvalue weighted by atomic mass is 9.80. The number of pyridine rings is 1. The number of rotatable bonds is 10. The molecule has 0 spiro atoms. The molecular weight excluding hydrogens is 657 g/mol. The van der Waals surface area contributed by atoms with Crippen LogP contribution in [0.3, 0.4) is 0 Å². The van der Waals surface area contributed by atoms with E-state index in [2.05, 4.69) is 25.9 Å². The molecule has 1 aliphatic heterocycles. The van der Waals surface area contributed by atoms with Crippen molar-refractivity contribution >= 4 is 35.2 Å². The number of halogens is 4. The van der Waals surface area contributed by atoms with Crippen LogP contribution in [0.5, 0.6) is 5.88 Å². The summed E-state index contributed by atoms with van der Waals surface area (Å²) in [6.07, 6.45) is -1.16. The van der Waals surface area contributed by atoms with E-state index in [0.29, 0.717) is 11.3 Å². The third-order valence-electron chi connectivity index (χ3n) is 8.15. The number of nitrogens with one attached hydrogen (secondary N) is 3. The Balaban J connectivity index is 1.61. The molecule has 0 bridgehead atoms. The second-order valence-corrected chi connectivity index (χ2v) is 14.9. The van der Waals surface area contributed by atoms with Gasteiger partial charge in [0.1, 0.15) is 24.5 Å². The third-order valence-corrected chi connectivity index (χ3v) is 8.37. The second kappa shape index (κ2) is 14.3. The highest BCUT2D eigenvalue weighted by molar-refractivity contribution is 6.30. The number of urea groups is 1. The van der Waals surface area contributed by atoms with Gasteiger partial charge in [-0.2, -0.15) is 13.2 Å². The Labute approximate surface area is 281 Å². The van der Waals surface area contributed by atoms with E-state index in [9.17, 15) is 32.3 Å². The molecule has 3 N–H and O–H groups in total. The van der Waals surface area contributed by atoms with E-state index in [1.54, 1.807) is 47.6 Å². The minimum atomic E-state index is -4.82. The number of ether oxygens (including phenoxy) is 1. The van der Waals surface area contributed by atoms with Gasteiger partial charge in [-0.15, -0.1) is 0 Å². The first-order chi connectivity index (χ1) is 22.2. The van der Waals surface area contributed by atoms with Crippen molar-refractivity contribution in [3.63, 3.8) is 0 Å². The normalized spacial score (nSPS) is 20.0. The van der Waals surface area contributed by atoms with Crippen LogP contribution in [-0.4, -0.2) is 74.8 Å². The van der Waals surface area contributed by atoms with Crippen molar-refractivity contribution in [2.24, 2.45) is 11.3 Å². The van der Waals surface area contributed by atoms with Gasteiger partial charge in [0.25, 0.3) is 5.89 Å². The van der Waals surface area contributed by atoms with Gasteiger partial charge < -0.3 is 30.0 Å². The molecule has 48 heavy (non-hydrogen) atoms. The van der Waals surface area contributed by atoms with Crippen molar-refractivity contribution in [1.29, 1.82) is 0 Å². The average molecular weight is 699 g/mol. The highest BCUT2D eigenvalue weighted by Crippen LogP contribution is 2.33. The Hall–Kier alpha value is -3.88. The van der Waals surface area contributed by atoms with Gasteiger partial charge in [0.15, 0.2) is 5.69 Å². The zero-order valence-electron chi connectivity index (χ0n) is 27.7. The number of alkyl halides is 3. The monoisotopic (exact) mass is 698 g/mol. The number of likely N-dealkylation sites (tertiary alicyclic amines) is 1. The van der Waals surface area contributed by atoms with Crippen molar-refractivity contribution < 1.29 is 41.5 Å². The Morgan fingerprint density at radius 2 is 1.77 bits per heavy atom. The number of hydrogen-bond acceptors (Lipinski definition) is 8. The molecule has 4 atom stereocenters.